The number of hydrogen-bond acceptors (Lipinski definition) is 5. The Morgan fingerprint density at radius 3 is 2.50 bits per heavy atom. The van der Waals surface area contributed by atoms with Crippen LogP contribution in [-0.2, 0) is 16.0 Å². The van der Waals surface area contributed by atoms with Gasteiger partial charge >= 0.3 is 5.97 Å². The molecule has 0 unspecified atom stereocenters. The van der Waals surface area contributed by atoms with E-state index < -0.39 is 17.0 Å². The van der Waals surface area contributed by atoms with Gasteiger partial charge in [-0.05, 0) is 69.5 Å². The van der Waals surface area contributed by atoms with Crippen molar-refractivity contribution in [2.24, 2.45) is 5.41 Å². The van der Waals surface area contributed by atoms with Crippen molar-refractivity contribution in [2.45, 2.75) is 39.2 Å². The van der Waals surface area contributed by atoms with Crippen molar-refractivity contribution in [3.05, 3.63) is 59.7 Å². The minimum absolute atomic E-state index is 0.191. The summed E-state index contributed by atoms with van der Waals surface area (Å²) < 4.78 is 10.9. The van der Waals surface area contributed by atoms with Crippen molar-refractivity contribution in [3.8, 4) is 5.75 Å². The molecule has 0 radical (unpaired) electrons. The molecule has 3 rings (SSSR count). The van der Waals surface area contributed by atoms with Gasteiger partial charge in [0.1, 0.15) is 16.8 Å². The van der Waals surface area contributed by atoms with Crippen molar-refractivity contribution in [1.29, 1.82) is 0 Å². The minimum Gasteiger partial charge on any atom is -0.497 e. The Morgan fingerprint density at radius 1 is 1.14 bits per heavy atom. The molecule has 0 saturated heterocycles. The quantitative estimate of drug-likeness (QED) is 0.619. The molecule has 2 aromatic carbocycles. The highest BCUT2D eigenvalue weighted by Gasteiger charge is 2.51. The van der Waals surface area contributed by atoms with E-state index in [9.17, 15) is 9.59 Å². The molecule has 0 saturated carbocycles. The molecule has 28 heavy (non-hydrogen) atoms. The summed E-state index contributed by atoms with van der Waals surface area (Å²) in [4.78, 5) is 26.7. The van der Waals surface area contributed by atoms with Crippen LogP contribution in [0.15, 0.2) is 48.5 Å². The van der Waals surface area contributed by atoms with Gasteiger partial charge in [-0.3, -0.25) is 9.59 Å². The molecule has 5 nitrogen and oxygen atoms in total. The number of rotatable bonds is 5. The number of methoxy groups -OCH3 is 1. The number of ether oxygens (including phenoxy) is 2. The molecule has 0 amide bonds. The summed E-state index contributed by atoms with van der Waals surface area (Å²) in [7, 11) is 1.60. The molecule has 0 bridgehead atoms. The maximum atomic E-state index is 13.5. The van der Waals surface area contributed by atoms with E-state index in [2.05, 4.69) is 5.32 Å². The first-order chi connectivity index (χ1) is 13.2. The predicted molar refractivity (Wildman–Crippen MR) is 109 cm³/mol. The van der Waals surface area contributed by atoms with Crippen molar-refractivity contribution in [1.82, 2.24) is 0 Å². The first-order valence-corrected chi connectivity index (χ1v) is 9.49. The molecule has 1 aliphatic carbocycles. The standard InChI is InChI=1S/C23H27NO4/c1-22(2,3)28-21(26)23(15-24-17-8-6-5-7-9-17)13-12-16-14-18(27-4)10-11-19(16)20(23)25/h5-11,14,24H,12-13,15H2,1-4H3/t23-/m1/s1. The second-order valence-corrected chi connectivity index (χ2v) is 8.16. The number of nitrogens with one attached hydrogen (secondary N) is 1. The van der Waals surface area contributed by atoms with E-state index >= 15 is 0 Å². The average molecular weight is 381 g/mol. The smallest absolute Gasteiger partial charge is 0.322 e. The lowest BCUT2D eigenvalue weighted by Crippen LogP contribution is -2.50. The molecule has 148 valence electrons. The average Bonchev–Trinajstić information content (AvgIpc) is 2.67. The Labute approximate surface area is 166 Å². The van der Waals surface area contributed by atoms with E-state index in [0.29, 0.717) is 24.2 Å². The molecule has 0 aromatic heterocycles. The summed E-state index contributed by atoms with van der Waals surface area (Å²) >= 11 is 0. The van der Waals surface area contributed by atoms with Crippen LogP contribution in [0.2, 0.25) is 0 Å². The Kier molecular flexibility index (Phi) is 5.45. The number of ketones is 1. The zero-order valence-electron chi connectivity index (χ0n) is 16.9. The summed E-state index contributed by atoms with van der Waals surface area (Å²) in [6.07, 6.45) is 0.995. The van der Waals surface area contributed by atoms with Crippen molar-refractivity contribution in [2.75, 3.05) is 19.0 Å². The molecule has 0 heterocycles. The normalized spacial score (nSPS) is 18.9. The van der Waals surface area contributed by atoms with Gasteiger partial charge < -0.3 is 14.8 Å². The molecule has 1 atom stereocenters. The zero-order chi connectivity index (χ0) is 20.4. The first kappa shape index (κ1) is 19.9. The zero-order valence-corrected chi connectivity index (χ0v) is 16.9. The molecule has 2 aromatic rings. The maximum Gasteiger partial charge on any atom is 0.322 e. The van der Waals surface area contributed by atoms with Gasteiger partial charge in [-0.2, -0.15) is 0 Å². The highest BCUT2D eigenvalue weighted by atomic mass is 16.6. The maximum absolute atomic E-state index is 13.5. The monoisotopic (exact) mass is 381 g/mol. The van der Waals surface area contributed by atoms with Crippen LogP contribution in [0, 0.1) is 5.41 Å². The van der Waals surface area contributed by atoms with Gasteiger partial charge in [-0.1, -0.05) is 18.2 Å². The lowest BCUT2D eigenvalue weighted by molar-refractivity contribution is -0.164. The first-order valence-electron chi connectivity index (χ1n) is 9.49. The molecular weight excluding hydrogens is 354 g/mol. The summed E-state index contributed by atoms with van der Waals surface area (Å²) in [5.74, 6) is 0.0303. The topological polar surface area (TPSA) is 64.6 Å². The van der Waals surface area contributed by atoms with Crippen molar-refractivity contribution < 1.29 is 19.1 Å². The van der Waals surface area contributed by atoms with Crippen LogP contribution in [0.25, 0.3) is 0 Å². The van der Waals surface area contributed by atoms with Crippen LogP contribution in [0.5, 0.6) is 5.75 Å². The van der Waals surface area contributed by atoms with Crippen LogP contribution in [0.3, 0.4) is 0 Å². The van der Waals surface area contributed by atoms with Gasteiger partial charge in [0.15, 0.2) is 5.78 Å². The summed E-state index contributed by atoms with van der Waals surface area (Å²) in [6, 6.07) is 14.9. The fraction of sp³-hybridized carbons (Fsp3) is 0.391. The Balaban J connectivity index is 1.96. The van der Waals surface area contributed by atoms with Crippen LogP contribution < -0.4 is 10.1 Å². The number of fused-ring (bicyclic) bond motifs is 1. The van der Waals surface area contributed by atoms with Gasteiger partial charge in [0.05, 0.1) is 7.11 Å². The lowest BCUT2D eigenvalue weighted by Gasteiger charge is -2.37. The molecule has 1 N–H and O–H groups in total. The molecular formula is C23H27NO4. The van der Waals surface area contributed by atoms with Gasteiger partial charge in [0.2, 0.25) is 0 Å². The SMILES string of the molecule is COc1ccc2c(c1)CC[C@](CNc1ccccc1)(C(=O)OC(C)(C)C)C2=O. The van der Waals surface area contributed by atoms with Gasteiger partial charge in [-0.15, -0.1) is 0 Å². The molecule has 0 spiro atoms. The molecule has 0 aliphatic heterocycles. The van der Waals surface area contributed by atoms with E-state index in [1.54, 1.807) is 19.2 Å². The van der Waals surface area contributed by atoms with E-state index in [4.69, 9.17) is 9.47 Å². The predicted octanol–water partition coefficient (Wildman–Crippen LogP) is 4.26. The van der Waals surface area contributed by atoms with Crippen molar-refractivity contribution >= 4 is 17.4 Å². The minimum atomic E-state index is -1.26. The van der Waals surface area contributed by atoms with Crippen LogP contribution in [0.1, 0.15) is 43.1 Å². The molecule has 1 aliphatic rings. The van der Waals surface area contributed by atoms with E-state index in [1.165, 1.54) is 0 Å². The fourth-order valence-corrected chi connectivity index (χ4v) is 3.47. The highest BCUT2D eigenvalue weighted by molar-refractivity contribution is 6.14. The second kappa shape index (κ2) is 7.66. The second-order valence-electron chi connectivity index (χ2n) is 8.16. The third-order valence-corrected chi connectivity index (χ3v) is 4.97. The number of Topliss-reactive ketones (excluding diaryl/α,β-unsaturated/α-hetero) is 1. The van der Waals surface area contributed by atoms with E-state index in [1.807, 2.05) is 57.2 Å². The molecule has 0 fully saturated rings. The lowest BCUT2D eigenvalue weighted by atomic mass is 9.70. The third kappa shape index (κ3) is 4.03. The molecule has 5 heteroatoms. The van der Waals surface area contributed by atoms with Crippen LogP contribution in [0.4, 0.5) is 5.69 Å². The number of carbonyl (C=O) groups excluding carboxylic acids is 2. The number of benzene rings is 2. The van der Waals surface area contributed by atoms with E-state index in [-0.39, 0.29) is 12.3 Å². The van der Waals surface area contributed by atoms with Gasteiger partial charge in [0.25, 0.3) is 0 Å². The highest BCUT2D eigenvalue weighted by Crippen LogP contribution is 2.39. The van der Waals surface area contributed by atoms with Crippen molar-refractivity contribution in [3.63, 3.8) is 0 Å². The Bertz CT molecular complexity index is 870. The number of carbonyl (C=O) groups is 2. The summed E-state index contributed by atoms with van der Waals surface area (Å²) in [5, 5.41) is 3.26. The summed E-state index contributed by atoms with van der Waals surface area (Å²) in [5.41, 5.74) is 0.400. The Morgan fingerprint density at radius 2 is 1.86 bits per heavy atom. The number of esters is 1. The van der Waals surface area contributed by atoms with E-state index in [0.717, 1.165) is 11.3 Å². The number of hydrogen-bond donors (Lipinski definition) is 1. The van der Waals surface area contributed by atoms with Crippen LogP contribution >= 0.6 is 0 Å². The number of para-hydroxylation sites is 1. The van der Waals surface area contributed by atoms with Gasteiger partial charge in [-0.25, -0.2) is 0 Å². The number of anilines is 1. The number of aryl methyl sites for hydroxylation is 1. The largest absolute Gasteiger partial charge is 0.497 e. The fourth-order valence-electron chi connectivity index (χ4n) is 3.47. The Hall–Kier alpha value is -2.82. The van der Waals surface area contributed by atoms with Crippen LogP contribution in [-0.4, -0.2) is 31.0 Å². The third-order valence-electron chi connectivity index (χ3n) is 4.97. The van der Waals surface area contributed by atoms with Gasteiger partial charge in [0, 0.05) is 17.8 Å². The summed E-state index contributed by atoms with van der Waals surface area (Å²) in [6.45, 7) is 5.64.